The largest absolute Gasteiger partial charge is 0.389 e. The summed E-state index contributed by atoms with van der Waals surface area (Å²) in [5, 5.41) is 10.0. The van der Waals surface area contributed by atoms with Crippen molar-refractivity contribution in [2.24, 2.45) is 5.92 Å². The van der Waals surface area contributed by atoms with Gasteiger partial charge in [0.15, 0.2) is 0 Å². The zero-order chi connectivity index (χ0) is 12.8. The van der Waals surface area contributed by atoms with E-state index in [0.717, 1.165) is 48.7 Å². The van der Waals surface area contributed by atoms with Crippen molar-refractivity contribution in [2.45, 2.75) is 45.1 Å². The lowest BCUT2D eigenvalue weighted by Gasteiger charge is -2.23. The molecule has 2 heteroatoms. The second-order valence-corrected chi connectivity index (χ2v) is 4.93. The van der Waals surface area contributed by atoms with Gasteiger partial charge in [0.25, 0.3) is 0 Å². The average Bonchev–Trinajstić information content (AvgIpc) is 2.30. The summed E-state index contributed by atoms with van der Waals surface area (Å²) < 4.78 is 0. The minimum Gasteiger partial charge on any atom is -0.389 e. The third-order valence-corrected chi connectivity index (χ3v) is 3.48. The van der Waals surface area contributed by atoms with Crippen molar-refractivity contribution in [3.63, 3.8) is 0 Å². The zero-order valence-electron chi connectivity index (χ0n) is 10.6. The first-order valence-corrected chi connectivity index (χ1v) is 6.20. The molecule has 2 atom stereocenters. The highest BCUT2D eigenvalue weighted by atomic mass is 16.3. The minimum atomic E-state index is -0.442. The Morgan fingerprint density at radius 1 is 1.53 bits per heavy atom. The van der Waals surface area contributed by atoms with Crippen LogP contribution in [0.15, 0.2) is 36.0 Å². The summed E-state index contributed by atoms with van der Waals surface area (Å²) >= 11 is 0. The monoisotopic (exact) mass is 234 g/mol. The normalized spacial score (nSPS) is 27.2. The van der Waals surface area contributed by atoms with Crippen LogP contribution < -0.4 is 0 Å². The molecule has 2 unspecified atom stereocenters. The third-order valence-electron chi connectivity index (χ3n) is 3.48. The molecule has 0 fully saturated rings. The van der Waals surface area contributed by atoms with Gasteiger partial charge in [0.2, 0.25) is 0 Å². The lowest BCUT2D eigenvalue weighted by Crippen LogP contribution is -2.17. The molecular weight excluding hydrogens is 212 g/mol. The SMILES string of the molecule is C=C1CCC=C(C=O)CCC(C(=C)C)CC1O. The Labute approximate surface area is 104 Å². The molecule has 0 spiro atoms. The molecule has 1 aliphatic rings. The molecule has 0 saturated carbocycles. The van der Waals surface area contributed by atoms with Gasteiger partial charge >= 0.3 is 0 Å². The van der Waals surface area contributed by atoms with E-state index in [2.05, 4.69) is 13.2 Å². The maximum atomic E-state index is 10.9. The first-order chi connectivity index (χ1) is 8.04. The van der Waals surface area contributed by atoms with Crippen LogP contribution in [0.4, 0.5) is 0 Å². The summed E-state index contributed by atoms with van der Waals surface area (Å²) in [5.74, 6) is 0.267. The third kappa shape index (κ3) is 4.31. The minimum absolute atomic E-state index is 0.267. The van der Waals surface area contributed by atoms with Gasteiger partial charge in [-0.2, -0.15) is 0 Å². The zero-order valence-corrected chi connectivity index (χ0v) is 10.6. The Morgan fingerprint density at radius 3 is 2.82 bits per heavy atom. The smallest absolute Gasteiger partial charge is 0.145 e. The molecule has 0 aromatic rings. The lowest BCUT2D eigenvalue weighted by atomic mass is 9.85. The topological polar surface area (TPSA) is 37.3 Å². The Balaban J connectivity index is 2.81. The summed E-state index contributed by atoms with van der Waals surface area (Å²) in [7, 11) is 0. The highest BCUT2D eigenvalue weighted by Gasteiger charge is 2.18. The highest BCUT2D eigenvalue weighted by Crippen LogP contribution is 2.27. The molecule has 0 radical (unpaired) electrons. The maximum Gasteiger partial charge on any atom is 0.145 e. The van der Waals surface area contributed by atoms with Gasteiger partial charge in [-0.25, -0.2) is 0 Å². The maximum absolute atomic E-state index is 10.9. The average molecular weight is 234 g/mol. The van der Waals surface area contributed by atoms with Gasteiger partial charge in [0.1, 0.15) is 6.29 Å². The van der Waals surface area contributed by atoms with Crippen molar-refractivity contribution in [1.82, 2.24) is 0 Å². The fourth-order valence-corrected chi connectivity index (χ4v) is 2.16. The van der Waals surface area contributed by atoms with E-state index >= 15 is 0 Å². The van der Waals surface area contributed by atoms with E-state index in [-0.39, 0.29) is 5.92 Å². The Bertz CT molecular complexity index is 339. The van der Waals surface area contributed by atoms with E-state index < -0.39 is 6.10 Å². The van der Waals surface area contributed by atoms with Gasteiger partial charge in [0.05, 0.1) is 6.10 Å². The first kappa shape index (κ1) is 13.9. The summed E-state index contributed by atoms with van der Waals surface area (Å²) in [6, 6.07) is 0. The van der Waals surface area contributed by atoms with E-state index in [1.807, 2.05) is 13.0 Å². The van der Waals surface area contributed by atoms with E-state index in [1.54, 1.807) is 0 Å². The predicted octanol–water partition coefficient (Wildman–Crippen LogP) is 3.19. The predicted molar refractivity (Wildman–Crippen MR) is 70.7 cm³/mol. The van der Waals surface area contributed by atoms with Gasteiger partial charge < -0.3 is 5.11 Å². The second-order valence-electron chi connectivity index (χ2n) is 4.93. The number of rotatable bonds is 2. The molecular formula is C15H22O2. The summed E-state index contributed by atoms with van der Waals surface area (Å²) in [4.78, 5) is 10.9. The molecule has 0 heterocycles. The van der Waals surface area contributed by atoms with Crippen LogP contribution in [0.3, 0.4) is 0 Å². The Hall–Kier alpha value is -1.15. The second kappa shape index (κ2) is 6.55. The molecule has 94 valence electrons. The summed E-state index contributed by atoms with van der Waals surface area (Å²) in [5.41, 5.74) is 2.79. The summed E-state index contributed by atoms with van der Waals surface area (Å²) in [6.45, 7) is 9.87. The molecule has 2 nitrogen and oxygen atoms in total. The Morgan fingerprint density at radius 2 is 2.24 bits per heavy atom. The van der Waals surface area contributed by atoms with Gasteiger partial charge in [-0.15, -0.1) is 0 Å². The molecule has 0 saturated heterocycles. The van der Waals surface area contributed by atoms with Crippen LogP contribution in [0, 0.1) is 5.92 Å². The fourth-order valence-electron chi connectivity index (χ4n) is 2.16. The number of allylic oxidation sites excluding steroid dienone is 3. The summed E-state index contributed by atoms with van der Waals surface area (Å²) in [6.07, 6.45) is 6.35. The standard InChI is InChI=1S/C15H22O2/c1-11(2)14-8-7-13(10-16)6-4-5-12(3)15(17)9-14/h6,10,14-15,17H,1,3-5,7-9H2,2H3. The van der Waals surface area contributed by atoms with Crippen LogP contribution in [-0.4, -0.2) is 17.5 Å². The van der Waals surface area contributed by atoms with Gasteiger partial charge in [-0.05, 0) is 56.1 Å². The van der Waals surface area contributed by atoms with Crippen molar-refractivity contribution in [3.8, 4) is 0 Å². The van der Waals surface area contributed by atoms with Crippen LogP contribution in [0.25, 0.3) is 0 Å². The van der Waals surface area contributed by atoms with Crippen LogP contribution >= 0.6 is 0 Å². The number of hydrogen-bond acceptors (Lipinski definition) is 2. The fraction of sp³-hybridized carbons (Fsp3) is 0.533. The Kier molecular flexibility index (Phi) is 5.36. The van der Waals surface area contributed by atoms with Crippen LogP contribution in [-0.2, 0) is 4.79 Å². The molecule has 0 bridgehead atoms. The number of carbonyl (C=O) groups is 1. The number of aliphatic hydroxyl groups is 1. The molecule has 0 amide bonds. The van der Waals surface area contributed by atoms with Gasteiger partial charge in [-0.3, -0.25) is 4.79 Å². The van der Waals surface area contributed by atoms with Gasteiger partial charge in [0, 0.05) is 0 Å². The highest BCUT2D eigenvalue weighted by molar-refractivity contribution is 5.72. The van der Waals surface area contributed by atoms with Crippen molar-refractivity contribution in [2.75, 3.05) is 0 Å². The van der Waals surface area contributed by atoms with E-state index in [9.17, 15) is 9.90 Å². The quantitative estimate of drug-likeness (QED) is 0.588. The number of aliphatic hydroxyl groups excluding tert-OH is 1. The van der Waals surface area contributed by atoms with Crippen molar-refractivity contribution < 1.29 is 9.90 Å². The van der Waals surface area contributed by atoms with Crippen molar-refractivity contribution in [3.05, 3.63) is 36.0 Å². The van der Waals surface area contributed by atoms with Crippen LogP contribution in [0.5, 0.6) is 0 Å². The molecule has 0 aliphatic heterocycles. The number of hydrogen-bond donors (Lipinski definition) is 1. The van der Waals surface area contributed by atoms with E-state index in [0.29, 0.717) is 6.42 Å². The lowest BCUT2D eigenvalue weighted by molar-refractivity contribution is -0.105. The molecule has 1 N–H and O–H groups in total. The van der Waals surface area contributed by atoms with Gasteiger partial charge in [-0.1, -0.05) is 24.8 Å². The molecule has 1 aliphatic carbocycles. The molecule has 1 rings (SSSR count). The van der Waals surface area contributed by atoms with Crippen LogP contribution in [0.2, 0.25) is 0 Å². The number of carbonyl (C=O) groups excluding carboxylic acids is 1. The molecule has 0 aromatic carbocycles. The first-order valence-electron chi connectivity index (χ1n) is 6.20. The molecule has 0 aromatic heterocycles. The van der Waals surface area contributed by atoms with Crippen molar-refractivity contribution in [1.29, 1.82) is 0 Å². The van der Waals surface area contributed by atoms with Crippen molar-refractivity contribution >= 4 is 6.29 Å². The van der Waals surface area contributed by atoms with Crippen LogP contribution in [0.1, 0.15) is 39.0 Å². The van der Waals surface area contributed by atoms with E-state index in [4.69, 9.17) is 0 Å². The number of aldehydes is 1. The van der Waals surface area contributed by atoms with E-state index in [1.165, 1.54) is 0 Å². The molecule has 17 heavy (non-hydrogen) atoms.